The van der Waals surface area contributed by atoms with Crippen molar-refractivity contribution in [2.24, 2.45) is 0 Å². The van der Waals surface area contributed by atoms with Gasteiger partial charge in [-0.3, -0.25) is 8.74 Å². The van der Waals surface area contributed by atoms with E-state index in [0.29, 0.717) is 25.9 Å². The molecule has 0 aromatic carbocycles. The van der Waals surface area contributed by atoms with Crippen LogP contribution in [0.5, 0.6) is 0 Å². The molecule has 1 saturated heterocycles. The zero-order valence-corrected chi connectivity index (χ0v) is 8.66. The minimum atomic E-state index is -2.22. The smallest absolute Gasteiger partial charge is 0.409 e. The first kappa shape index (κ1) is 11.4. The van der Waals surface area contributed by atoms with Gasteiger partial charge in [0.25, 0.3) is 0 Å². The van der Waals surface area contributed by atoms with Gasteiger partial charge in [0.2, 0.25) is 0 Å². The fourth-order valence-corrected chi connectivity index (χ4v) is 1.81. The lowest BCUT2D eigenvalue weighted by atomic mass is 10.1. The summed E-state index contributed by atoms with van der Waals surface area (Å²) < 4.78 is 28.0. The van der Waals surface area contributed by atoms with Crippen LogP contribution in [-0.2, 0) is 20.3 Å². The topological polar surface area (TPSA) is 76.1 Å². The van der Waals surface area contributed by atoms with Crippen molar-refractivity contribution in [3.05, 3.63) is 0 Å². The molecule has 0 bridgehead atoms. The van der Waals surface area contributed by atoms with Crippen molar-refractivity contribution >= 4 is 17.5 Å². The second-order valence-corrected chi connectivity index (χ2v) is 3.60. The Balaban J connectivity index is 2.31. The fraction of sp³-hybridized carbons (Fsp3) is 0.857. The maximum Gasteiger partial charge on any atom is 0.409 e. The highest BCUT2D eigenvalue weighted by Gasteiger charge is 2.24. The molecule has 6 nitrogen and oxygen atoms in total. The number of methoxy groups -OCH3 is 1. The highest BCUT2D eigenvalue weighted by Crippen LogP contribution is 2.14. The maximum atomic E-state index is 11.0. The largest absolute Gasteiger partial charge is 0.453 e. The Morgan fingerprint density at radius 1 is 1.50 bits per heavy atom. The molecular weight excluding hydrogens is 210 g/mol. The molecule has 0 aliphatic carbocycles. The summed E-state index contributed by atoms with van der Waals surface area (Å²) >= 11 is -2.22. The van der Waals surface area contributed by atoms with E-state index in [2.05, 4.69) is 4.74 Å². The summed E-state index contributed by atoms with van der Waals surface area (Å²) in [6, 6.07) is 0. The first-order valence-electron chi connectivity index (χ1n) is 4.24. The molecule has 1 aliphatic rings. The van der Waals surface area contributed by atoms with Gasteiger partial charge >= 0.3 is 17.5 Å². The lowest BCUT2D eigenvalue weighted by Gasteiger charge is -2.29. The molecule has 1 unspecified atom stereocenters. The van der Waals surface area contributed by atoms with Gasteiger partial charge in [0, 0.05) is 13.1 Å². The molecule has 0 spiro atoms. The molecule has 14 heavy (non-hydrogen) atoms. The van der Waals surface area contributed by atoms with Crippen molar-refractivity contribution in [3.8, 4) is 0 Å². The number of carbonyl (C=O) groups excluding carboxylic acids is 1. The average molecular weight is 223 g/mol. The Labute approximate surface area is 84.7 Å². The Bertz CT molecular complexity index is 226. The van der Waals surface area contributed by atoms with Crippen LogP contribution < -0.4 is 0 Å². The Kier molecular flexibility index (Phi) is 4.30. The number of ether oxygens (including phenoxy) is 1. The average Bonchev–Trinajstić information content (AvgIpc) is 2.17. The van der Waals surface area contributed by atoms with Crippen LogP contribution in [0.15, 0.2) is 0 Å². The van der Waals surface area contributed by atoms with E-state index in [1.807, 2.05) is 0 Å². The molecule has 1 amide bonds. The quantitative estimate of drug-likeness (QED) is 0.684. The highest BCUT2D eigenvalue weighted by atomic mass is 32.2. The Hall–Kier alpha value is -0.660. The van der Waals surface area contributed by atoms with Crippen LogP contribution in [0.4, 0.5) is 4.79 Å². The van der Waals surface area contributed by atoms with Gasteiger partial charge in [-0.1, -0.05) is 0 Å². The van der Waals surface area contributed by atoms with Crippen LogP contribution >= 0.6 is 0 Å². The summed E-state index contributed by atoms with van der Waals surface area (Å²) in [7, 11) is 1.33. The third kappa shape index (κ3) is 3.24. The van der Waals surface area contributed by atoms with Crippen molar-refractivity contribution in [1.82, 2.24) is 4.90 Å². The molecule has 0 aromatic rings. The zero-order chi connectivity index (χ0) is 10.6. The third-order valence-corrected chi connectivity index (χ3v) is 2.53. The number of rotatable bonds is 2. The van der Waals surface area contributed by atoms with E-state index in [1.165, 1.54) is 7.11 Å². The van der Waals surface area contributed by atoms with Crippen molar-refractivity contribution in [2.75, 3.05) is 20.2 Å². The summed E-state index contributed by atoms with van der Waals surface area (Å²) in [5, 5.41) is 0. The number of amides is 1. The number of hydrogen-bond acceptors (Lipinski definition) is 4. The molecule has 1 N–H and O–H groups in total. The number of hydrogen-bond donors (Lipinski definition) is 1. The van der Waals surface area contributed by atoms with Gasteiger partial charge in [-0.2, -0.15) is 4.21 Å². The minimum absolute atomic E-state index is 0.248. The zero-order valence-electron chi connectivity index (χ0n) is 7.84. The van der Waals surface area contributed by atoms with E-state index in [1.54, 1.807) is 4.90 Å². The molecule has 0 aromatic heterocycles. The van der Waals surface area contributed by atoms with Crippen molar-refractivity contribution in [3.63, 3.8) is 0 Å². The van der Waals surface area contributed by atoms with Crippen molar-refractivity contribution < 1.29 is 22.5 Å². The summed E-state index contributed by atoms with van der Waals surface area (Å²) in [4.78, 5) is 12.6. The van der Waals surface area contributed by atoms with E-state index < -0.39 is 11.4 Å². The number of carbonyl (C=O) groups is 1. The summed E-state index contributed by atoms with van der Waals surface area (Å²) in [6.45, 7) is 0.989. The van der Waals surface area contributed by atoms with Gasteiger partial charge < -0.3 is 9.64 Å². The predicted octanol–water partition coefficient (Wildman–Crippen LogP) is 0.371. The highest BCUT2D eigenvalue weighted by molar-refractivity contribution is 7.74. The first-order chi connectivity index (χ1) is 6.63. The van der Waals surface area contributed by atoms with E-state index >= 15 is 0 Å². The van der Waals surface area contributed by atoms with E-state index in [0.717, 1.165) is 0 Å². The normalized spacial score (nSPS) is 20.6. The van der Waals surface area contributed by atoms with Gasteiger partial charge in [-0.25, -0.2) is 4.79 Å². The molecule has 1 atom stereocenters. The molecule has 0 radical (unpaired) electrons. The second-order valence-electron chi connectivity index (χ2n) is 2.97. The Morgan fingerprint density at radius 2 is 2.07 bits per heavy atom. The van der Waals surface area contributed by atoms with Crippen LogP contribution in [0.3, 0.4) is 0 Å². The van der Waals surface area contributed by atoms with E-state index in [4.69, 9.17) is 8.74 Å². The van der Waals surface area contributed by atoms with Crippen LogP contribution in [0, 0.1) is 0 Å². The summed E-state index contributed by atoms with van der Waals surface area (Å²) in [6.07, 6.45) is 0.498. The SMILES string of the molecule is COC(=O)N1CCC(OS(=O)O)CC1. The first-order valence-corrected chi connectivity index (χ1v) is 5.27. The number of likely N-dealkylation sites (tertiary alicyclic amines) is 1. The molecule has 1 aliphatic heterocycles. The molecule has 1 rings (SSSR count). The van der Waals surface area contributed by atoms with Gasteiger partial charge in [0.15, 0.2) is 0 Å². The third-order valence-electron chi connectivity index (χ3n) is 2.09. The standard InChI is InChI=1S/C7H13NO5S/c1-12-7(9)8-4-2-6(3-5-8)13-14(10)11/h6H,2-5H2,1H3,(H,10,11). The van der Waals surface area contributed by atoms with Crippen molar-refractivity contribution in [1.29, 1.82) is 0 Å². The number of nitrogens with zero attached hydrogens (tertiary/aromatic N) is 1. The summed E-state index contributed by atoms with van der Waals surface area (Å²) in [5.41, 5.74) is 0. The minimum Gasteiger partial charge on any atom is -0.453 e. The van der Waals surface area contributed by atoms with E-state index in [9.17, 15) is 9.00 Å². The Morgan fingerprint density at radius 3 is 2.50 bits per heavy atom. The second kappa shape index (κ2) is 5.28. The van der Waals surface area contributed by atoms with Crippen LogP contribution in [0.2, 0.25) is 0 Å². The van der Waals surface area contributed by atoms with Gasteiger partial charge in [0.1, 0.15) is 0 Å². The number of piperidine rings is 1. The van der Waals surface area contributed by atoms with Gasteiger partial charge in [-0.05, 0) is 12.8 Å². The fourth-order valence-electron chi connectivity index (χ4n) is 1.38. The van der Waals surface area contributed by atoms with Crippen molar-refractivity contribution in [2.45, 2.75) is 18.9 Å². The molecule has 7 heteroatoms. The van der Waals surface area contributed by atoms with Crippen LogP contribution in [0.1, 0.15) is 12.8 Å². The molecule has 1 fully saturated rings. The van der Waals surface area contributed by atoms with E-state index in [-0.39, 0.29) is 12.2 Å². The monoisotopic (exact) mass is 223 g/mol. The maximum absolute atomic E-state index is 11.0. The van der Waals surface area contributed by atoms with Crippen LogP contribution in [0.25, 0.3) is 0 Å². The molecular formula is C7H13NO5S. The lowest BCUT2D eigenvalue weighted by molar-refractivity contribution is 0.0810. The van der Waals surface area contributed by atoms with Gasteiger partial charge in [0.05, 0.1) is 13.2 Å². The van der Waals surface area contributed by atoms with Gasteiger partial charge in [-0.15, -0.1) is 0 Å². The molecule has 1 heterocycles. The predicted molar refractivity (Wildman–Crippen MR) is 48.9 cm³/mol. The molecule has 0 saturated carbocycles. The molecule has 82 valence electrons. The van der Waals surface area contributed by atoms with Crippen LogP contribution in [-0.4, -0.2) is 46.1 Å². The lowest BCUT2D eigenvalue weighted by Crippen LogP contribution is -2.40. The summed E-state index contributed by atoms with van der Waals surface area (Å²) in [5.74, 6) is 0.